The van der Waals surface area contributed by atoms with Crippen LogP contribution in [0.3, 0.4) is 0 Å². The molecule has 2 aromatic carbocycles. The Morgan fingerprint density at radius 3 is 2.50 bits per heavy atom. The van der Waals surface area contributed by atoms with Crippen LogP contribution >= 0.6 is 0 Å². The van der Waals surface area contributed by atoms with Gasteiger partial charge in [0.2, 0.25) is 0 Å². The number of piperazine rings is 1. The van der Waals surface area contributed by atoms with Gasteiger partial charge >= 0.3 is 0 Å². The zero-order chi connectivity index (χ0) is 16.9. The van der Waals surface area contributed by atoms with Gasteiger partial charge in [0.25, 0.3) is 0 Å². The Labute approximate surface area is 144 Å². The molecule has 1 saturated heterocycles. The lowest BCUT2D eigenvalue weighted by molar-refractivity contribution is 0.109. The molecule has 0 bridgehead atoms. The maximum absolute atomic E-state index is 10.5. The SMILES string of the molecule is COc1cccc([C@H](O)CN2CCN(c3ccccc3C)CC2)c1. The van der Waals surface area contributed by atoms with Gasteiger partial charge in [-0.2, -0.15) is 0 Å². The molecule has 3 rings (SSSR count). The molecule has 128 valence electrons. The highest BCUT2D eigenvalue weighted by molar-refractivity contribution is 5.53. The maximum Gasteiger partial charge on any atom is 0.119 e. The van der Waals surface area contributed by atoms with Crippen LogP contribution < -0.4 is 9.64 Å². The summed E-state index contributed by atoms with van der Waals surface area (Å²) in [6.45, 7) is 6.75. The average Bonchev–Trinajstić information content (AvgIpc) is 2.63. The topological polar surface area (TPSA) is 35.9 Å². The fraction of sp³-hybridized carbons (Fsp3) is 0.400. The van der Waals surface area contributed by atoms with Crippen molar-refractivity contribution in [1.82, 2.24) is 4.90 Å². The molecule has 0 aromatic heterocycles. The molecule has 1 N–H and O–H groups in total. The van der Waals surface area contributed by atoms with Crippen LogP contribution in [0.1, 0.15) is 17.2 Å². The number of hydrogen-bond acceptors (Lipinski definition) is 4. The molecule has 4 heteroatoms. The molecule has 1 aliphatic heterocycles. The van der Waals surface area contributed by atoms with Crippen molar-refractivity contribution < 1.29 is 9.84 Å². The fourth-order valence-corrected chi connectivity index (χ4v) is 3.29. The third kappa shape index (κ3) is 3.89. The molecule has 4 nitrogen and oxygen atoms in total. The molecule has 0 amide bonds. The Bertz CT molecular complexity index is 666. The van der Waals surface area contributed by atoms with E-state index in [2.05, 4.69) is 41.0 Å². The van der Waals surface area contributed by atoms with Gasteiger partial charge < -0.3 is 14.7 Å². The first kappa shape index (κ1) is 16.8. The highest BCUT2D eigenvalue weighted by Crippen LogP contribution is 2.23. The largest absolute Gasteiger partial charge is 0.497 e. The van der Waals surface area contributed by atoms with Crippen LogP contribution in [0.2, 0.25) is 0 Å². The first-order valence-corrected chi connectivity index (χ1v) is 8.52. The number of aliphatic hydroxyl groups excluding tert-OH is 1. The van der Waals surface area contributed by atoms with Crippen LogP contribution in [0.4, 0.5) is 5.69 Å². The van der Waals surface area contributed by atoms with Crippen molar-refractivity contribution in [3.8, 4) is 5.75 Å². The van der Waals surface area contributed by atoms with E-state index in [1.165, 1.54) is 11.3 Å². The van der Waals surface area contributed by atoms with Crippen molar-refractivity contribution >= 4 is 5.69 Å². The summed E-state index contributed by atoms with van der Waals surface area (Å²) in [6.07, 6.45) is -0.481. The molecular weight excluding hydrogens is 300 g/mol. The summed E-state index contributed by atoms with van der Waals surface area (Å²) < 4.78 is 5.24. The van der Waals surface area contributed by atoms with E-state index in [0.717, 1.165) is 37.5 Å². The number of para-hydroxylation sites is 1. The van der Waals surface area contributed by atoms with Gasteiger partial charge in [-0.1, -0.05) is 30.3 Å². The third-order valence-electron chi connectivity index (χ3n) is 4.74. The van der Waals surface area contributed by atoms with Gasteiger partial charge in [0.15, 0.2) is 0 Å². The Morgan fingerprint density at radius 1 is 1.04 bits per heavy atom. The Hall–Kier alpha value is -2.04. The average molecular weight is 326 g/mol. The first-order chi connectivity index (χ1) is 11.7. The van der Waals surface area contributed by atoms with Crippen molar-refractivity contribution in [3.05, 3.63) is 59.7 Å². The van der Waals surface area contributed by atoms with Crippen molar-refractivity contribution in [2.75, 3.05) is 44.7 Å². The van der Waals surface area contributed by atoms with E-state index in [1.54, 1.807) is 7.11 Å². The van der Waals surface area contributed by atoms with Crippen LogP contribution in [0.25, 0.3) is 0 Å². The summed E-state index contributed by atoms with van der Waals surface area (Å²) in [5.41, 5.74) is 3.56. The number of aliphatic hydroxyl groups is 1. The molecule has 1 fully saturated rings. The molecule has 0 spiro atoms. The molecule has 1 aliphatic rings. The molecule has 0 saturated carbocycles. The highest BCUT2D eigenvalue weighted by atomic mass is 16.5. The van der Waals surface area contributed by atoms with E-state index < -0.39 is 6.10 Å². The number of rotatable bonds is 5. The van der Waals surface area contributed by atoms with E-state index in [-0.39, 0.29) is 0 Å². The van der Waals surface area contributed by atoms with Gasteiger partial charge in [-0.25, -0.2) is 0 Å². The second kappa shape index (κ2) is 7.69. The summed E-state index contributed by atoms with van der Waals surface area (Å²) in [7, 11) is 1.65. The minimum Gasteiger partial charge on any atom is -0.497 e. The van der Waals surface area contributed by atoms with E-state index in [1.807, 2.05) is 24.3 Å². The van der Waals surface area contributed by atoms with E-state index in [0.29, 0.717) is 6.54 Å². The summed E-state index contributed by atoms with van der Waals surface area (Å²) in [6, 6.07) is 16.2. The summed E-state index contributed by atoms with van der Waals surface area (Å²) in [5, 5.41) is 10.5. The lowest BCUT2D eigenvalue weighted by Crippen LogP contribution is -2.47. The zero-order valence-corrected chi connectivity index (χ0v) is 14.5. The molecule has 24 heavy (non-hydrogen) atoms. The summed E-state index contributed by atoms with van der Waals surface area (Å²) in [4.78, 5) is 4.77. The molecule has 1 atom stereocenters. The number of anilines is 1. The van der Waals surface area contributed by atoms with Gasteiger partial charge in [-0.3, -0.25) is 4.90 Å². The Balaban J connectivity index is 1.56. The monoisotopic (exact) mass is 326 g/mol. The van der Waals surface area contributed by atoms with Gasteiger partial charge in [0.1, 0.15) is 5.75 Å². The number of methoxy groups -OCH3 is 1. The van der Waals surface area contributed by atoms with Crippen LogP contribution in [0.5, 0.6) is 5.75 Å². The quantitative estimate of drug-likeness (QED) is 0.916. The van der Waals surface area contributed by atoms with E-state index in [4.69, 9.17) is 4.74 Å². The van der Waals surface area contributed by atoms with Gasteiger partial charge in [0.05, 0.1) is 13.2 Å². The molecular formula is C20H26N2O2. The van der Waals surface area contributed by atoms with Gasteiger partial charge in [0, 0.05) is 38.4 Å². The molecule has 0 aliphatic carbocycles. The predicted octanol–water partition coefficient (Wildman–Crippen LogP) is 2.86. The molecule has 0 unspecified atom stereocenters. The second-order valence-corrected chi connectivity index (χ2v) is 6.37. The van der Waals surface area contributed by atoms with Crippen molar-refractivity contribution in [2.45, 2.75) is 13.0 Å². The van der Waals surface area contributed by atoms with Crippen LogP contribution in [0.15, 0.2) is 48.5 Å². The number of benzene rings is 2. The van der Waals surface area contributed by atoms with E-state index in [9.17, 15) is 5.11 Å². The van der Waals surface area contributed by atoms with Crippen LogP contribution in [-0.2, 0) is 0 Å². The Kier molecular flexibility index (Phi) is 5.38. The molecule has 2 aromatic rings. The molecule has 0 radical (unpaired) electrons. The number of ether oxygens (including phenoxy) is 1. The number of β-amino-alcohol motifs (C(OH)–C–C–N with tert-alkyl or cyclic N) is 1. The normalized spacial score (nSPS) is 16.9. The Morgan fingerprint density at radius 2 is 1.79 bits per heavy atom. The van der Waals surface area contributed by atoms with E-state index >= 15 is 0 Å². The van der Waals surface area contributed by atoms with Crippen LogP contribution in [0, 0.1) is 6.92 Å². The predicted molar refractivity (Wildman–Crippen MR) is 97.8 cm³/mol. The smallest absolute Gasteiger partial charge is 0.119 e. The zero-order valence-electron chi connectivity index (χ0n) is 14.5. The lowest BCUT2D eigenvalue weighted by Gasteiger charge is -2.37. The number of hydrogen-bond donors (Lipinski definition) is 1. The minimum atomic E-state index is -0.481. The third-order valence-corrected chi connectivity index (χ3v) is 4.74. The summed E-state index contributed by atoms with van der Waals surface area (Å²) >= 11 is 0. The highest BCUT2D eigenvalue weighted by Gasteiger charge is 2.21. The standard InChI is InChI=1S/C20H26N2O2/c1-16-6-3-4-9-19(16)22-12-10-21(11-13-22)15-20(23)17-7-5-8-18(14-17)24-2/h3-9,14,20,23H,10-13,15H2,1-2H3/t20-/m1/s1. The second-order valence-electron chi connectivity index (χ2n) is 6.37. The minimum absolute atomic E-state index is 0.481. The first-order valence-electron chi connectivity index (χ1n) is 8.52. The number of nitrogens with zero attached hydrogens (tertiary/aromatic N) is 2. The van der Waals surface area contributed by atoms with Gasteiger partial charge in [-0.05, 0) is 36.2 Å². The van der Waals surface area contributed by atoms with Crippen molar-refractivity contribution in [3.63, 3.8) is 0 Å². The lowest BCUT2D eigenvalue weighted by atomic mass is 10.1. The summed E-state index contributed by atoms with van der Waals surface area (Å²) in [5.74, 6) is 0.788. The van der Waals surface area contributed by atoms with Crippen molar-refractivity contribution in [1.29, 1.82) is 0 Å². The maximum atomic E-state index is 10.5. The fourth-order valence-electron chi connectivity index (χ4n) is 3.29. The van der Waals surface area contributed by atoms with Gasteiger partial charge in [-0.15, -0.1) is 0 Å². The molecule has 1 heterocycles. The number of aryl methyl sites for hydroxylation is 1. The van der Waals surface area contributed by atoms with Crippen LogP contribution in [-0.4, -0.2) is 49.8 Å². The van der Waals surface area contributed by atoms with Crippen molar-refractivity contribution in [2.24, 2.45) is 0 Å².